The first kappa shape index (κ1) is 18.4. The fourth-order valence-electron chi connectivity index (χ4n) is 2.83. The maximum Gasteiger partial charge on any atom is 0.240 e. The van der Waals surface area contributed by atoms with Gasteiger partial charge in [0.25, 0.3) is 0 Å². The molecule has 0 N–H and O–H groups in total. The topological polar surface area (TPSA) is 82.5 Å². The lowest BCUT2D eigenvalue weighted by Gasteiger charge is -2.10. The molecule has 1 unspecified atom stereocenters. The fourth-order valence-corrected chi connectivity index (χ4v) is 3.73. The van der Waals surface area contributed by atoms with Gasteiger partial charge in [-0.25, -0.2) is 0 Å². The third kappa shape index (κ3) is 3.82. The van der Waals surface area contributed by atoms with Gasteiger partial charge in [0.2, 0.25) is 11.7 Å². The third-order valence-corrected chi connectivity index (χ3v) is 5.27. The maximum absolute atomic E-state index is 5.50. The van der Waals surface area contributed by atoms with Crippen LogP contribution in [0, 0.1) is 0 Å². The molecule has 3 aromatic heterocycles. The Kier molecular flexibility index (Phi) is 5.48. The Bertz CT molecular complexity index is 1030. The molecule has 0 saturated carbocycles. The summed E-state index contributed by atoms with van der Waals surface area (Å²) in [6.45, 7) is 5.00. The van der Waals surface area contributed by atoms with Gasteiger partial charge in [0.05, 0.1) is 5.25 Å². The fraction of sp³-hybridized carbons (Fsp3) is 0.250. The molecule has 0 aliphatic rings. The van der Waals surface area contributed by atoms with Crippen molar-refractivity contribution in [2.24, 2.45) is 0 Å². The number of aromatic nitrogens is 6. The van der Waals surface area contributed by atoms with Crippen LogP contribution < -0.4 is 0 Å². The molecular weight excluding hydrogens is 372 g/mol. The predicted molar refractivity (Wildman–Crippen MR) is 108 cm³/mol. The van der Waals surface area contributed by atoms with Crippen LogP contribution >= 0.6 is 11.8 Å². The lowest BCUT2D eigenvalue weighted by molar-refractivity contribution is 0.380. The van der Waals surface area contributed by atoms with E-state index in [0.29, 0.717) is 11.7 Å². The molecule has 28 heavy (non-hydrogen) atoms. The average molecular weight is 392 g/mol. The highest BCUT2D eigenvalue weighted by molar-refractivity contribution is 7.99. The van der Waals surface area contributed by atoms with Gasteiger partial charge in [-0.1, -0.05) is 54.2 Å². The number of rotatable bonds is 7. The van der Waals surface area contributed by atoms with Crippen molar-refractivity contribution < 1.29 is 4.52 Å². The van der Waals surface area contributed by atoms with Crippen LogP contribution in [0.3, 0.4) is 0 Å². The van der Waals surface area contributed by atoms with Crippen molar-refractivity contribution >= 4 is 11.8 Å². The Labute approximate surface area is 167 Å². The van der Waals surface area contributed by atoms with E-state index in [0.717, 1.165) is 35.1 Å². The number of nitrogens with zero attached hydrogens (tertiary/aromatic N) is 6. The minimum absolute atomic E-state index is 0.0462. The van der Waals surface area contributed by atoms with E-state index in [1.807, 2.05) is 49.4 Å². The summed E-state index contributed by atoms with van der Waals surface area (Å²) in [7, 11) is 0. The van der Waals surface area contributed by atoms with Gasteiger partial charge in [-0.05, 0) is 25.5 Å². The standard InChI is InChI=1S/C20H20N6OS/c1-3-13-26-18(16-9-11-21-12-10-16)23-24-20(26)28-14(2)19-22-17(25-27-19)15-7-5-4-6-8-15/h4-12,14H,3,13H2,1-2H3. The third-order valence-electron chi connectivity index (χ3n) is 4.21. The van der Waals surface area contributed by atoms with Crippen LogP contribution in [0.25, 0.3) is 22.8 Å². The van der Waals surface area contributed by atoms with E-state index < -0.39 is 0 Å². The number of thioether (sulfide) groups is 1. The van der Waals surface area contributed by atoms with Crippen LogP contribution in [-0.2, 0) is 6.54 Å². The van der Waals surface area contributed by atoms with Crippen molar-refractivity contribution in [2.45, 2.75) is 37.2 Å². The summed E-state index contributed by atoms with van der Waals surface area (Å²) >= 11 is 1.56. The molecule has 4 rings (SSSR count). The molecule has 142 valence electrons. The largest absolute Gasteiger partial charge is 0.338 e. The van der Waals surface area contributed by atoms with Gasteiger partial charge in [0, 0.05) is 30.1 Å². The van der Waals surface area contributed by atoms with Crippen LogP contribution in [0.2, 0.25) is 0 Å². The van der Waals surface area contributed by atoms with Gasteiger partial charge >= 0.3 is 0 Å². The Morgan fingerprint density at radius 2 is 1.82 bits per heavy atom. The van der Waals surface area contributed by atoms with Crippen molar-refractivity contribution in [1.82, 2.24) is 29.9 Å². The van der Waals surface area contributed by atoms with E-state index in [4.69, 9.17) is 4.52 Å². The SMILES string of the molecule is CCCn1c(SC(C)c2nc(-c3ccccc3)no2)nnc1-c1ccncc1. The average Bonchev–Trinajstić information content (AvgIpc) is 3.38. The first-order chi connectivity index (χ1) is 13.8. The Morgan fingerprint density at radius 1 is 1.04 bits per heavy atom. The van der Waals surface area contributed by atoms with Gasteiger partial charge in [-0.2, -0.15) is 4.98 Å². The van der Waals surface area contributed by atoms with Gasteiger partial charge in [-0.3, -0.25) is 4.98 Å². The molecule has 0 amide bonds. The molecule has 0 spiro atoms. The van der Waals surface area contributed by atoms with E-state index in [9.17, 15) is 0 Å². The van der Waals surface area contributed by atoms with Crippen LogP contribution in [-0.4, -0.2) is 29.9 Å². The lowest BCUT2D eigenvalue weighted by Crippen LogP contribution is -2.03. The molecular formula is C20H20N6OS. The van der Waals surface area contributed by atoms with Crippen molar-refractivity contribution in [1.29, 1.82) is 0 Å². The van der Waals surface area contributed by atoms with E-state index in [-0.39, 0.29) is 5.25 Å². The number of hydrogen-bond donors (Lipinski definition) is 0. The molecule has 3 heterocycles. The maximum atomic E-state index is 5.50. The summed E-state index contributed by atoms with van der Waals surface area (Å²) in [5.41, 5.74) is 1.93. The van der Waals surface area contributed by atoms with E-state index >= 15 is 0 Å². The van der Waals surface area contributed by atoms with Crippen molar-refractivity contribution in [3.63, 3.8) is 0 Å². The Balaban J connectivity index is 1.57. The molecule has 1 aromatic carbocycles. The van der Waals surface area contributed by atoms with Gasteiger partial charge in [0.1, 0.15) is 0 Å². The summed E-state index contributed by atoms with van der Waals surface area (Å²) in [5.74, 6) is 2.00. The smallest absolute Gasteiger partial charge is 0.240 e. The second-order valence-corrected chi connectivity index (χ2v) is 7.58. The van der Waals surface area contributed by atoms with E-state index in [1.165, 1.54) is 0 Å². The second kappa shape index (κ2) is 8.35. The number of pyridine rings is 1. The zero-order valence-electron chi connectivity index (χ0n) is 15.7. The van der Waals surface area contributed by atoms with Crippen LogP contribution in [0.15, 0.2) is 64.5 Å². The Morgan fingerprint density at radius 3 is 2.57 bits per heavy atom. The summed E-state index contributed by atoms with van der Waals surface area (Å²) in [4.78, 5) is 8.63. The molecule has 1 atom stereocenters. The predicted octanol–water partition coefficient (Wildman–Crippen LogP) is 4.65. The van der Waals surface area contributed by atoms with Gasteiger partial charge in [-0.15, -0.1) is 10.2 Å². The summed E-state index contributed by atoms with van der Waals surface area (Å²) in [6.07, 6.45) is 4.51. The van der Waals surface area contributed by atoms with Crippen molar-refractivity contribution in [3.05, 3.63) is 60.7 Å². The van der Waals surface area contributed by atoms with Crippen LogP contribution in [0.5, 0.6) is 0 Å². The molecule has 0 aliphatic carbocycles. The summed E-state index contributed by atoms with van der Waals surface area (Å²) < 4.78 is 7.63. The van der Waals surface area contributed by atoms with Crippen molar-refractivity contribution in [3.8, 4) is 22.8 Å². The molecule has 7 nitrogen and oxygen atoms in total. The Hall–Kier alpha value is -3.00. The van der Waals surface area contributed by atoms with Crippen molar-refractivity contribution in [2.75, 3.05) is 0 Å². The highest BCUT2D eigenvalue weighted by Crippen LogP contribution is 2.35. The zero-order valence-corrected chi connectivity index (χ0v) is 16.5. The minimum atomic E-state index is -0.0462. The first-order valence-electron chi connectivity index (χ1n) is 9.15. The molecule has 4 aromatic rings. The van der Waals surface area contributed by atoms with E-state index in [1.54, 1.807) is 24.2 Å². The molecule has 0 radical (unpaired) electrons. The van der Waals surface area contributed by atoms with Gasteiger partial charge in [0.15, 0.2) is 11.0 Å². The molecule has 8 heteroatoms. The van der Waals surface area contributed by atoms with Crippen LogP contribution in [0.1, 0.15) is 31.4 Å². The quantitative estimate of drug-likeness (QED) is 0.423. The zero-order chi connectivity index (χ0) is 19.3. The molecule has 0 saturated heterocycles. The second-order valence-electron chi connectivity index (χ2n) is 6.28. The highest BCUT2D eigenvalue weighted by Gasteiger charge is 2.21. The molecule has 0 aliphatic heterocycles. The lowest BCUT2D eigenvalue weighted by atomic mass is 10.2. The summed E-state index contributed by atoms with van der Waals surface area (Å²) in [5, 5.41) is 13.7. The molecule has 0 bridgehead atoms. The minimum Gasteiger partial charge on any atom is -0.338 e. The number of benzene rings is 1. The number of hydrogen-bond acceptors (Lipinski definition) is 7. The normalized spacial score (nSPS) is 12.2. The van der Waals surface area contributed by atoms with Gasteiger partial charge < -0.3 is 9.09 Å². The summed E-state index contributed by atoms with van der Waals surface area (Å²) in [6, 6.07) is 13.7. The first-order valence-corrected chi connectivity index (χ1v) is 10.0. The van der Waals surface area contributed by atoms with E-state index in [2.05, 4.69) is 36.8 Å². The molecule has 0 fully saturated rings. The van der Waals surface area contributed by atoms with Crippen LogP contribution in [0.4, 0.5) is 0 Å². The highest BCUT2D eigenvalue weighted by atomic mass is 32.2. The monoisotopic (exact) mass is 392 g/mol.